The molecule has 0 fully saturated rings. The van der Waals surface area contributed by atoms with E-state index >= 15 is 0 Å². The van der Waals surface area contributed by atoms with E-state index in [1.807, 2.05) is 42.5 Å². The van der Waals surface area contributed by atoms with Crippen molar-refractivity contribution in [2.45, 2.75) is 0 Å². The van der Waals surface area contributed by atoms with E-state index in [1.54, 1.807) is 35.6 Å². The predicted octanol–water partition coefficient (Wildman–Crippen LogP) is 3.65. The number of pyridine rings is 1. The number of aromatic nitrogens is 4. The van der Waals surface area contributed by atoms with Crippen LogP contribution in [0.15, 0.2) is 66.3 Å². The molecule has 0 aliphatic rings. The Morgan fingerprint density at radius 1 is 1.15 bits per heavy atom. The maximum absolute atomic E-state index is 12.4. The molecule has 0 radical (unpaired) electrons. The van der Waals surface area contributed by atoms with Gasteiger partial charge in [0, 0.05) is 17.8 Å². The van der Waals surface area contributed by atoms with Gasteiger partial charge in [-0.15, -0.1) is 11.3 Å². The molecule has 0 aliphatic heterocycles. The number of rotatable bonds is 5. The van der Waals surface area contributed by atoms with Crippen molar-refractivity contribution in [3.05, 3.63) is 72.0 Å². The molecule has 134 valence electrons. The molecule has 7 nitrogen and oxygen atoms in total. The Morgan fingerprint density at radius 2 is 2.00 bits per heavy atom. The van der Waals surface area contributed by atoms with E-state index in [1.165, 1.54) is 11.3 Å². The fourth-order valence-electron chi connectivity index (χ4n) is 2.44. The van der Waals surface area contributed by atoms with Crippen molar-refractivity contribution in [3.63, 3.8) is 0 Å². The summed E-state index contributed by atoms with van der Waals surface area (Å²) in [5.41, 5.74) is 1.91. The molecule has 3 aromatic heterocycles. The summed E-state index contributed by atoms with van der Waals surface area (Å²) in [5.74, 6) is 0.917. The topological polar surface area (TPSA) is 81.9 Å². The van der Waals surface area contributed by atoms with E-state index in [4.69, 9.17) is 4.74 Å². The SMILES string of the molecule is COc1ccc(-n2ccc(C(=O)Nc3csc(-c4ccccn4)n3)n2)cc1. The van der Waals surface area contributed by atoms with Crippen molar-refractivity contribution in [1.29, 1.82) is 0 Å². The van der Waals surface area contributed by atoms with Gasteiger partial charge < -0.3 is 10.1 Å². The number of amides is 1. The van der Waals surface area contributed by atoms with Crippen LogP contribution >= 0.6 is 11.3 Å². The highest BCUT2D eigenvalue weighted by atomic mass is 32.1. The van der Waals surface area contributed by atoms with Crippen LogP contribution in [0.1, 0.15) is 10.5 Å². The van der Waals surface area contributed by atoms with E-state index in [-0.39, 0.29) is 5.91 Å². The van der Waals surface area contributed by atoms with Crippen LogP contribution in [0.3, 0.4) is 0 Å². The van der Waals surface area contributed by atoms with Gasteiger partial charge in [-0.1, -0.05) is 6.07 Å². The zero-order chi connectivity index (χ0) is 18.6. The Labute approximate surface area is 159 Å². The minimum atomic E-state index is -0.319. The molecular formula is C19H15N5O2S. The summed E-state index contributed by atoms with van der Waals surface area (Å²) in [4.78, 5) is 21.1. The number of hydrogen-bond acceptors (Lipinski definition) is 6. The molecule has 0 atom stereocenters. The highest BCUT2D eigenvalue weighted by molar-refractivity contribution is 7.13. The Kier molecular flexibility index (Phi) is 4.63. The predicted molar refractivity (Wildman–Crippen MR) is 103 cm³/mol. The number of hydrogen-bond donors (Lipinski definition) is 1. The van der Waals surface area contributed by atoms with E-state index in [0.717, 1.165) is 22.1 Å². The fraction of sp³-hybridized carbons (Fsp3) is 0.0526. The molecule has 1 aromatic carbocycles. The number of benzene rings is 1. The van der Waals surface area contributed by atoms with Crippen LogP contribution in [0, 0.1) is 0 Å². The number of nitrogens with zero attached hydrogens (tertiary/aromatic N) is 4. The largest absolute Gasteiger partial charge is 0.497 e. The third-order valence-corrected chi connectivity index (χ3v) is 4.65. The summed E-state index contributed by atoms with van der Waals surface area (Å²) in [5, 5.41) is 9.62. The maximum atomic E-state index is 12.4. The summed E-state index contributed by atoms with van der Waals surface area (Å²) < 4.78 is 6.78. The molecule has 4 aromatic rings. The van der Waals surface area contributed by atoms with Crippen LogP contribution < -0.4 is 10.1 Å². The Morgan fingerprint density at radius 3 is 2.74 bits per heavy atom. The minimum absolute atomic E-state index is 0.304. The van der Waals surface area contributed by atoms with Crippen molar-refractivity contribution in [3.8, 4) is 22.1 Å². The normalized spacial score (nSPS) is 10.6. The average molecular weight is 377 g/mol. The number of ether oxygens (including phenoxy) is 1. The van der Waals surface area contributed by atoms with Gasteiger partial charge in [0.2, 0.25) is 0 Å². The van der Waals surface area contributed by atoms with Gasteiger partial charge in [-0.25, -0.2) is 9.67 Å². The van der Waals surface area contributed by atoms with Gasteiger partial charge in [0.1, 0.15) is 16.6 Å². The lowest BCUT2D eigenvalue weighted by Crippen LogP contribution is -2.13. The summed E-state index contributed by atoms with van der Waals surface area (Å²) in [6, 6.07) is 14.7. The molecular weight excluding hydrogens is 362 g/mol. The highest BCUT2D eigenvalue weighted by Crippen LogP contribution is 2.24. The molecule has 8 heteroatoms. The second-order valence-corrected chi connectivity index (χ2v) is 6.41. The Hall–Kier alpha value is -3.52. The van der Waals surface area contributed by atoms with E-state index < -0.39 is 0 Å². The van der Waals surface area contributed by atoms with Gasteiger partial charge in [0.05, 0.1) is 18.5 Å². The van der Waals surface area contributed by atoms with Crippen molar-refractivity contribution < 1.29 is 9.53 Å². The van der Waals surface area contributed by atoms with Gasteiger partial charge in [0.25, 0.3) is 5.91 Å². The van der Waals surface area contributed by atoms with Crippen LogP contribution in [0.4, 0.5) is 5.82 Å². The number of methoxy groups -OCH3 is 1. The number of anilines is 1. The molecule has 0 saturated carbocycles. The van der Waals surface area contributed by atoms with Gasteiger partial charge >= 0.3 is 0 Å². The summed E-state index contributed by atoms with van der Waals surface area (Å²) in [6.45, 7) is 0. The van der Waals surface area contributed by atoms with Gasteiger partial charge in [-0.05, 0) is 42.5 Å². The number of thiazole rings is 1. The first-order valence-electron chi connectivity index (χ1n) is 8.11. The van der Waals surface area contributed by atoms with Crippen LogP contribution in [0.25, 0.3) is 16.4 Å². The van der Waals surface area contributed by atoms with E-state index in [2.05, 4.69) is 20.4 Å². The second-order valence-electron chi connectivity index (χ2n) is 5.55. The molecule has 0 aliphatic carbocycles. The number of nitrogens with one attached hydrogen (secondary N) is 1. The lowest BCUT2D eigenvalue weighted by molar-refractivity contribution is 0.102. The first kappa shape index (κ1) is 16.9. The second kappa shape index (κ2) is 7.38. The zero-order valence-electron chi connectivity index (χ0n) is 14.4. The molecule has 0 unspecified atom stereocenters. The monoisotopic (exact) mass is 377 g/mol. The molecule has 1 N–H and O–H groups in total. The summed E-state index contributed by atoms with van der Waals surface area (Å²) >= 11 is 1.42. The van der Waals surface area contributed by atoms with Gasteiger partial charge in [0.15, 0.2) is 5.69 Å². The first-order chi connectivity index (χ1) is 13.2. The molecule has 0 saturated heterocycles. The van der Waals surface area contributed by atoms with Crippen LogP contribution in [-0.4, -0.2) is 32.8 Å². The van der Waals surface area contributed by atoms with Gasteiger partial charge in [-0.2, -0.15) is 5.10 Å². The van der Waals surface area contributed by atoms with Crippen molar-refractivity contribution in [1.82, 2.24) is 19.7 Å². The highest BCUT2D eigenvalue weighted by Gasteiger charge is 2.13. The van der Waals surface area contributed by atoms with E-state index in [0.29, 0.717) is 11.5 Å². The van der Waals surface area contributed by atoms with Crippen LogP contribution in [-0.2, 0) is 0 Å². The number of carbonyl (C=O) groups is 1. The third-order valence-electron chi connectivity index (χ3n) is 3.79. The summed E-state index contributed by atoms with van der Waals surface area (Å²) in [7, 11) is 1.61. The summed E-state index contributed by atoms with van der Waals surface area (Å²) in [6.07, 6.45) is 3.44. The van der Waals surface area contributed by atoms with Gasteiger partial charge in [-0.3, -0.25) is 9.78 Å². The quantitative estimate of drug-likeness (QED) is 0.574. The molecule has 4 rings (SSSR count). The van der Waals surface area contributed by atoms with Crippen molar-refractivity contribution >= 4 is 23.1 Å². The smallest absolute Gasteiger partial charge is 0.277 e. The number of carbonyl (C=O) groups excluding carboxylic acids is 1. The Bertz CT molecular complexity index is 1060. The Balaban J connectivity index is 1.47. The fourth-order valence-corrected chi connectivity index (χ4v) is 3.17. The average Bonchev–Trinajstić information content (AvgIpc) is 3.39. The van der Waals surface area contributed by atoms with Crippen LogP contribution in [0.2, 0.25) is 0 Å². The third kappa shape index (κ3) is 3.70. The maximum Gasteiger partial charge on any atom is 0.277 e. The molecule has 27 heavy (non-hydrogen) atoms. The van der Waals surface area contributed by atoms with E-state index in [9.17, 15) is 4.79 Å². The lowest BCUT2D eigenvalue weighted by Gasteiger charge is -2.03. The standard InChI is InChI=1S/C19H15N5O2S/c1-26-14-7-5-13(6-8-14)24-11-9-15(23-24)18(25)21-17-12-27-19(22-17)16-4-2-3-10-20-16/h2-12H,1H3,(H,21,25). The first-order valence-corrected chi connectivity index (χ1v) is 8.99. The van der Waals surface area contributed by atoms with Crippen molar-refractivity contribution in [2.24, 2.45) is 0 Å². The molecule has 3 heterocycles. The lowest BCUT2D eigenvalue weighted by atomic mass is 10.3. The van der Waals surface area contributed by atoms with Crippen LogP contribution in [0.5, 0.6) is 5.75 Å². The zero-order valence-corrected chi connectivity index (χ0v) is 15.2. The van der Waals surface area contributed by atoms with Crippen molar-refractivity contribution in [2.75, 3.05) is 12.4 Å². The molecule has 0 bridgehead atoms. The molecule has 0 spiro atoms. The molecule has 1 amide bonds. The minimum Gasteiger partial charge on any atom is -0.497 e.